The lowest BCUT2D eigenvalue weighted by Crippen LogP contribution is -2.41. The van der Waals surface area contributed by atoms with Crippen molar-refractivity contribution in [1.29, 1.82) is 0 Å². The van der Waals surface area contributed by atoms with Crippen LogP contribution in [-0.2, 0) is 18.5 Å². The molecule has 0 aliphatic carbocycles. The number of hydrogen-bond donors (Lipinski definition) is 1. The minimum absolute atomic E-state index is 0.0557. The maximum absolute atomic E-state index is 12.7. The number of anilines is 1. The highest BCUT2D eigenvalue weighted by Crippen LogP contribution is 2.26. The van der Waals surface area contributed by atoms with Gasteiger partial charge in [0, 0.05) is 24.8 Å². The van der Waals surface area contributed by atoms with E-state index < -0.39 is 0 Å². The molecule has 1 N–H and O–H groups in total. The van der Waals surface area contributed by atoms with Crippen LogP contribution in [0.2, 0.25) is 5.02 Å². The summed E-state index contributed by atoms with van der Waals surface area (Å²) in [6.07, 6.45) is 1.85. The van der Waals surface area contributed by atoms with Crippen LogP contribution < -0.4 is 5.32 Å². The van der Waals surface area contributed by atoms with E-state index in [0.717, 1.165) is 36.5 Å². The van der Waals surface area contributed by atoms with Gasteiger partial charge in [-0.05, 0) is 55.9 Å². The van der Waals surface area contributed by atoms with Gasteiger partial charge in [0.05, 0.1) is 17.6 Å². The van der Waals surface area contributed by atoms with Gasteiger partial charge >= 0.3 is 0 Å². The molecule has 2 heterocycles. The van der Waals surface area contributed by atoms with Gasteiger partial charge in [0.2, 0.25) is 5.91 Å². The standard InChI is InChI=1S/C22H24ClN5OS/c1-26-20(18-11-5-6-12-19(18)23)25-28(22(26)30)15-27-13-7-8-16(14-27)21(29)24-17-9-3-2-4-10-17/h2-6,9-12,16H,7-8,13-15H2,1H3,(H,24,29). The Hall–Kier alpha value is -2.48. The SMILES string of the molecule is Cn1c(-c2ccccc2Cl)nn(CN2CCCC(C(=O)Nc3ccccc3)C2)c1=S. The number of rotatable bonds is 5. The lowest BCUT2D eigenvalue weighted by molar-refractivity contribution is -0.121. The Morgan fingerprint density at radius 3 is 2.70 bits per heavy atom. The van der Waals surface area contributed by atoms with E-state index in [1.165, 1.54) is 0 Å². The van der Waals surface area contributed by atoms with Crippen molar-refractivity contribution in [2.24, 2.45) is 13.0 Å². The Morgan fingerprint density at radius 1 is 1.20 bits per heavy atom. The summed E-state index contributed by atoms with van der Waals surface area (Å²) in [5.74, 6) is 0.744. The largest absolute Gasteiger partial charge is 0.326 e. The Balaban J connectivity index is 1.47. The molecule has 1 aromatic heterocycles. The van der Waals surface area contributed by atoms with Crippen LogP contribution in [-0.4, -0.2) is 38.2 Å². The maximum Gasteiger partial charge on any atom is 0.228 e. The molecule has 4 rings (SSSR count). The number of nitrogens with one attached hydrogen (secondary N) is 1. The summed E-state index contributed by atoms with van der Waals surface area (Å²) in [7, 11) is 1.90. The van der Waals surface area contributed by atoms with Crippen molar-refractivity contribution in [1.82, 2.24) is 19.2 Å². The average Bonchev–Trinajstić information content (AvgIpc) is 3.03. The molecule has 2 aromatic carbocycles. The first-order valence-electron chi connectivity index (χ1n) is 10.00. The summed E-state index contributed by atoms with van der Waals surface area (Å²) in [6, 6.07) is 17.2. The number of aromatic nitrogens is 3. The fourth-order valence-corrected chi connectivity index (χ4v) is 4.22. The zero-order valence-electron chi connectivity index (χ0n) is 16.8. The molecule has 1 atom stereocenters. The van der Waals surface area contributed by atoms with E-state index in [9.17, 15) is 4.79 Å². The molecular weight excluding hydrogens is 418 g/mol. The molecule has 0 saturated carbocycles. The molecule has 8 heteroatoms. The molecule has 0 radical (unpaired) electrons. The number of benzene rings is 2. The topological polar surface area (TPSA) is 55.1 Å². The molecule has 30 heavy (non-hydrogen) atoms. The van der Waals surface area contributed by atoms with Crippen LogP contribution in [0.3, 0.4) is 0 Å². The van der Waals surface area contributed by atoms with Crippen LogP contribution in [0.5, 0.6) is 0 Å². The number of likely N-dealkylation sites (tertiary alicyclic amines) is 1. The number of hydrogen-bond acceptors (Lipinski definition) is 4. The highest BCUT2D eigenvalue weighted by Gasteiger charge is 2.26. The third-order valence-electron chi connectivity index (χ3n) is 5.41. The summed E-state index contributed by atoms with van der Waals surface area (Å²) >= 11 is 12.0. The van der Waals surface area contributed by atoms with Crippen molar-refractivity contribution in [3.8, 4) is 11.4 Å². The molecular formula is C22H24ClN5OS. The van der Waals surface area contributed by atoms with Crippen molar-refractivity contribution in [2.75, 3.05) is 18.4 Å². The first-order valence-corrected chi connectivity index (χ1v) is 10.8. The van der Waals surface area contributed by atoms with Crippen LogP contribution >= 0.6 is 23.8 Å². The fourth-order valence-electron chi connectivity index (χ4n) is 3.81. The molecule has 3 aromatic rings. The van der Waals surface area contributed by atoms with E-state index in [0.29, 0.717) is 23.0 Å². The quantitative estimate of drug-likeness (QED) is 0.589. The maximum atomic E-state index is 12.7. The van der Waals surface area contributed by atoms with Crippen LogP contribution in [0.1, 0.15) is 12.8 Å². The lowest BCUT2D eigenvalue weighted by atomic mass is 9.97. The number of piperidine rings is 1. The van der Waals surface area contributed by atoms with E-state index in [2.05, 4.69) is 10.2 Å². The van der Waals surface area contributed by atoms with E-state index in [1.54, 1.807) is 0 Å². The number of para-hydroxylation sites is 1. The number of halogens is 1. The van der Waals surface area contributed by atoms with Crippen molar-refractivity contribution >= 4 is 35.4 Å². The number of carbonyl (C=O) groups is 1. The summed E-state index contributed by atoms with van der Waals surface area (Å²) in [5.41, 5.74) is 1.68. The molecule has 1 unspecified atom stereocenters. The average molecular weight is 442 g/mol. The van der Waals surface area contributed by atoms with Gasteiger partial charge in [0.25, 0.3) is 0 Å². The molecule has 156 valence electrons. The predicted molar refractivity (Wildman–Crippen MR) is 122 cm³/mol. The molecule has 0 spiro atoms. The fraction of sp³-hybridized carbons (Fsp3) is 0.318. The number of amides is 1. The van der Waals surface area contributed by atoms with Crippen LogP contribution in [0, 0.1) is 10.7 Å². The summed E-state index contributed by atoms with van der Waals surface area (Å²) in [5, 5.41) is 8.38. The normalized spacial score (nSPS) is 17.1. The zero-order valence-corrected chi connectivity index (χ0v) is 18.4. The highest BCUT2D eigenvalue weighted by atomic mass is 35.5. The summed E-state index contributed by atoms with van der Waals surface area (Å²) in [4.78, 5) is 14.9. The second-order valence-corrected chi connectivity index (χ2v) is 8.33. The summed E-state index contributed by atoms with van der Waals surface area (Å²) < 4.78 is 4.31. The first-order chi connectivity index (χ1) is 14.5. The van der Waals surface area contributed by atoms with Gasteiger partial charge in [-0.1, -0.05) is 41.9 Å². The van der Waals surface area contributed by atoms with Crippen molar-refractivity contribution in [3.63, 3.8) is 0 Å². The van der Waals surface area contributed by atoms with Crippen LogP contribution in [0.4, 0.5) is 5.69 Å². The van der Waals surface area contributed by atoms with Crippen LogP contribution in [0.25, 0.3) is 11.4 Å². The monoisotopic (exact) mass is 441 g/mol. The Labute approximate surface area is 186 Å². The van der Waals surface area contributed by atoms with Crippen molar-refractivity contribution in [3.05, 3.63) is 64.4 Å². The van der Waals surface area contributed by atoms with Gasteiger partial charge in [0.15, 0.2) is 10.6 Å². The van der Waals surface area contributed by atoms with Gasteiger partial charge in [-0.3, -0.25) is 9.69 Å². The van der Waals surface area contributed by atoms with E-state index in [-0.39, 0.29) is 11.8 Å². The number of nitrogens with zero attached hydrogens (tertiary/aromatic N) is 4. The van der Waals surface area contributed by atoms with Gasteiger partial charge in [-0.15, -0.1) is 0 Å². The van der Waals surface area contributed by atoms with Gasteiger partial charge < -0.3 is 9.88 Å². The van der Waals surface area contributed by atoms with E-state index in [4.69, 9.17) is 28.9 Å². The molecule has 1 saturated heterocycles. The van der Waals surface area contributed by atoms with Gasteiger partial charge in [0.1, 0.15) is 0 Å². The number of carbonyl (C=O) groups excluding carboxylic acids is 1. The molecule has 1 fully saturated rings. The Bertz CT molecular complexity index is 1090. The second-order valence-electron chi connectivity index (χ2n) is 7.56. The van der Waals surface area contributed by atoms with Crippen molar-refractivity contribution < 1.29 is 4.79 Å². The van der Waals surface area contributed by atoms with Crippen molar-refractivity contribution in [2.45, 2.75) is 19.5 Å². The highest BCUT2D eigenvalue weighted by molar-refractivity contribution is 7.71. The molecule has 1 amide bonds. The second kappa shape index (κ2) is 9.12. The van der Waals surface area contributed by atoms with Crippen LogP contribution in [0.15, 0.2) is 54.6 Å². The van der Waals surface area contributed by atoms with E-state index in [1.807, 2.05) is 70.9 Å². The lowest BCUT2D eigenvalue weighted by Gasteiger charge is -2.31. The smallest absolute Gasteiger partial charge is 0.228 e. The zero-order chi connectivity index (χ0) is 21.1. The Morgan fingerprint density at radius 2 is 1.93 bits per heavy atom. The van der Waals surface area contributed by atoms with Gasteiger partial charge in [-0.25, -0.2) is 4.68 Å². The molecule has 1 aliphatic heterocycles. The minimum Gasteiger partial charge on any atom is -0.326 e. The molecule has 6 nitrogen and oxygen atoms in total. The third kappa shape index (κ3) is 4.48. The minimum atomic E-state index is -0.0557. The Kier molecular flexibility index (Phi) is 6.32. The summed E-state index contributed by atoms with van der Waals surface area (Å²) in [6.45, 7) is 2.14. The molecule has 1 aliphatic rings. The predicted octanol–water partition coefficient (Wildman–Crippen LogP) is 4.58. The third-order valence-corrected chi connectivity index (χ3v) is 6.22. The first kappa shape index (κ1) is 20.8. The molecule has 0 bridgehead atoms. The van der Waals surface area contributed by atoms with Gasteiger partial charge in [-0.2, -0.15) is 5.10 Å². The van der Waals surface area contributed by atoms with E-state index >= 15 is 0 Å².